The maximum absolute atomic E-state index is 10.6. The molecule has 0 aliphatic carbocycles. The van der Waals surface area contributed by atoms with Crippen LogP contribution in [0.3, 0.4) is 0 Å². The molecular formula is C21H22ClF3N4O3. The zero-order valence-corrected chi connectivity index (χ0v) is 17.7. The van der Waals surface area contributed by atoms with Crippen molar-refractivity contribution in [2.75, 3.05) is 13.2 Å². The Kier molecular flexibility index (Phi) is 8.05. The van der Waals surface area contributed by atoms with E-state index in [1.165, 1.54) is 5.39 Å². The number of carboxylic acid groups (broad SMARTS) is 1. The van der Waals surface area contributed by atoms with Crippen molar-refractivity contribution in [2.24, 2.45) is 0 Å². The smallest absolute Gasteiger partial charge is 0.475 e. The van der Waals surface area contributed by atoms with Crippen LogP contribution in [0.2, 0.25) is 5.02 Å². The lowest BCUT2D eigenvalue weighted by Gasteiger charge is -2.22. The molecule has 7 nitrogen and oxygen atoms in total. The largest absolute Gasteiger partial charge is 0.490 e. The van der Waals surface area contributed by atoms with E-state index >= 15 is 0 Å². The molecule has 0 amide bonds. The van der Waals surface area contributed by atoms with E-state index < -0.39 is 12.1 Å². The van der Waals surface area contributed by atoms with Crippen molar-refractivity contribution >= 4 is 28.3 Å². The highest BCUT2D eigenvalue weighted by atomic mass is 35.5. The lowest BCUT2D eigenvalue weighted by molar-refractivity contribution is -0.192. The molecule has 0 spiro atoms. The number of ether oxygens (including phenoxy) is 1. The summed E-state index contributed by atoms with van der Waals surface area (Å²) in [5.74, 6) is -2.76. The predicted octanol–water partition coefficient (Wildman–Crippen LogP) is 4.03. The molecule has 0 atom stereocenters. The van der Waals surface area contributed by atoms with Crippen molar-refractivity contribution in [3.63, 3.8) is 0 Å². The summed E-state index contributed by atoms with van der Waals surface area (Å²) >= 11 is 6.27. The molecule has 1 aliphatic rings. The molecule has 4 rings (SSSR count). The van der Waals surface area contributed by atoms with Crippen molar-refractivity contribution < 1.29 is 27.8 Å². The fraction of sp³-hybridized carbons (Fsp3) is 0.381. The quantitative estimate of drug-likeness (QED) is 0.585. The summed E-state index contributed by atoms with van der Waals surface area (Å²) in [6.07, 6.45) is -0.965. The molecule has 0 saturated carbocycles. The minimum Gasteiger partial charge on any atom is -0.475 e. The van der Waals surface area contributed by atoms with Gasteiger partial charge in [0.05, 0.1) is 18.4 Å². The van der Waals surface area contributed by atoms with E-state index in [9.17, 15) is 13.2 Å². The van der Waals surface area contributed by atoms with Crippen LogP contribution in [0.4, 0.5) is 13.2 Å². The van der Waals surface area contributed by atoms with Crippen LogP contribution in [-0.2, 0) is 22.6 Å². The third-order valence-electron chi connectivity index (χ3n) is 4.87. The van der Waals surface area contributed by atoms with Crippen LogP contribution in [0.15, 0.2) is 42.6 Å². The van der Waals surface area contributed by atoms with Gasteiger partial charge < -0.3 is 15.2 Å². The van der Waals surface area contributed by atoms with Gasteiger partial charge in [0, 0.05) is 30.8 Å². The third-order valence-corrected chi connectivity index (χ3v) is 5.08. The van der Waals surface area contributed by atoms with Gasteiger partial charge in [-0.15, -0.1) is 5.10 Å². The van der Waals surface area contributed by atoms with E-state index in [0.29, 0.717) is 12.6 Å². The molecular weight excluding hydrogens is 449 g/mol. The van der Waals surface area contributed by atoms with Gasteiger partial charge in [-0.25, -0.2) is 9.48 Å². The standard InChI is InChI=1S/C19H21ClN4O.C2HF3O2/c20-16-9-14-3-1-2-4-19(14)15(10-16)12-24-13-18(22-23-24)11-21-17-5-7-25-8-6-17;3-2(4,5)1(6)7/h1-4,9-10,13,17,21H,5-8,11-12H2;(H,6,7). The summed E-state index contributed by atoms with van der Waals surface area (Å²) in [5.41, 5.74) is 2.11. The van der Waals surface area contributed by atoms with Gasteiger partial charge in [-0.1, -0.05) is 41.1 Å². The molecule has 172 valence electrons. The second-order valence-corrected chi connectivity index (χ2v) is 7.70. The van der Waals surface area contributed by atoms with Gasteiger partial charge in [-0.05, 0) is 41.3 Å². The number of hydrogen-bond acceptors (Lipinski definition) is 5. The van der Waals surface area contributed by atoms with Crippen LogP contribution >= 0.6 is 11.6 Å². The number of carbonyl (C=O) groups is 1. The molecule has 0 unspecified atom stereocenters. The van der Waals surface area contributed by atoms with Crippen LogP contribution in [0.25, 0.3) is 10.8 Å². The number of hydrogen-bond donors (Lipinski definition) is 2. The first-order chi connectivity index (χ1) is 15.2. The summed E-state index contributed by atoms with van der Waals surface area (Å²) in [6, 6.07) is 12.8. The molecule has 1 saturated heterocycles. The molecule has 3 aromatic rings. The highest BCUT2D eigenvalue weighted by Gasteiger charge is 2.38. The zero-order valence-electron chi connectivity index (χ0n) is 17.0. The number of aliphatic carboxylic acids is 1. The van der Waals surface area contributed by atoms with Crippen molar-refractivity contribution in [3.8, 4) is 0 Å². The molecule has 0 radical (unpaired) electrons. The Hall–Kier alpha value is -2.69. The average Bonchev–Trinajstić information content (AvgIpc) is 3.20. The maximum Gasteiger partial charge on any atom is 0.490 e. The van der Waals surface area contributed by atoms with E-state index in [4.69, 9.17) is 26.2 Å². The topological polar surface area (TPSA) is 89.3 Å². The number of alkyl halides is 3. The van der Waals surface area contributed by atoms with E-state index in [1.54, 1.807) is 0 Å². The van der Waals surface area contributed by atoms with E-state index in [0.717, 1.165) is 54.3 Å². The number of aromatic nitrogens is 3. The SMILES string of the molecule is Clc1cc(Cn2cc(CNC3CCOCC3)nn2)c2ccccc2c1.O=C(O)C(F)(F)F. The second-order valence-electron chi connectivity index (χ2n) is 7.26. The van der Waals surface area contributed by atoms with E-state index in [-0.39, 0.29) is 0 Å². The molecule has 2 N–H and O–H groups in total. The first-order valence-corrected chi connectivity index (χ1v) is 10.3. The predicted molar refractivity (Wildman–Crippen MR) is 112 cm³/mol. The van der Waals surface area contributed by atoms with E-state index in [2.05, 4.69) is 27.8 Å². The van der Waals surface area contributed by atoms with E-state index in [1.807, 2.05) is 35.1 Å². The summed E-state index contributed by atoms with van der Waals surface area (Å²) in [6.45, 7) is 3.07. The van der Waals surface area contributed by atoms with Gasteiger partial charge in [0.15, 0.2) is 0 Å². The van der Waals surface area contributed by atoms with Crippen molar-refractivity contribution in [2.45, 2.75) is 38.1 Å². The van der Waals surface area contributed by atoms with Crippen molar-refractivity contribution in [1.82, 2.24) is 20.3 Å². The summed E-state index contributed by atoms with van der Waals surface area (Å²) in [5, 5.41) is 22.3. The second kappa shape index (κ2) is 10.8. The lowest BCUT2D eigenvalue weighted by Crippen LogP contribution is -2.34. The summed E-state index contributed by atoms with van der Waals surface area (Å²) in [7, 11) is 0. The Bertz CT molecular complexity index is 1050. The van der Waals surface area contributed by atoms with Gasteiger partial charge in [0.25, 0.3) is 0 Å². The number of nitrogens with one attached hydrogen (secondary N) is 1. The Labute approximate surface area is 187 Å². The monoisotopic (exact) mass is 470 g/mol. The zero-order chi connectivity index (χ0) is 23.1. The highest BCUT2D eigenvalue weighted by molar-refractivity contribution is 6.31. The average molecular weight is 471 g/mol. The Morgan fingerprint density at radius 1 is 1.25 bits per heavy atom. The minimum absolute atomic E-state index is 0.510. The minimum atomic E-state index is -5.08. The summed E-state index contributed by atoms with van der Waals surface area (Å²) in [4.78, 5) is 8.90. The molecule has 1 aliphatic heterocycles. The number of halogens is 4. The number of fused-ring (bicyclic) bond motifs is 1. The van der Waals surface area contributed by atoms with Gasteiger partial charge in [0.2, 0.25) is 0 Å². The van der Waals surface area contributed by atoms with Crippen LogP contribution < -0.4 is 5.32 Å². The molecule has 1 fully saturated rings. The van der Waals surface area contributed by atoms with Gasteiger partial charge in [-0.3, -0.25) is 0 Å². The van der Waals surface area contributed by atoms with Gasteiger partial charge >= 0.3 is 12.1 Å². The fourth-order valence-electron chi connectivity index (χ4n) is 3.30. The maximum atomic E-state index is 10.6. The lowest BCUT2D eigenvalue weighted by atomic mass is 10.0. The number of benzene rings is 2. The number of nitrogens with zero attached hydrogens (tertiary/aromatic N) is 3. The normalized spacial score (nSPS) is 14.8. The van der Waals surface area contributed by atoms with Crippen LogP contribution in [0.1, 0.15) is 24.1 Å². The Morgan fingerprint density at radius 3 is 2.62 bits per heavy atom. The first kappa shape index (κ1) is 24.0. The Balaban J connectivity index is 0.000000360. The third kappa shape index (κ3) is 6.91. The number of rotatable bonds is 5. The van der Waals surface area contributed by atoms with Crippen LogP contribution in [0, 0.1) is 0 Å². The molecule has 1 aromatic heterocycles. The highest BCUT2D eigenvalue weighted by Crippen LogP contribution is 2.24. The number of carboxylic acids is 1. The van der Waals surface area contributed by atoms with Gasteiger partial charge in [-0.2, -0.15) is 13.2 Å². The van der Waals surface area contributed by atoms with Crippen LogP contribution in [0.5, 0.6) is 0 Å². The molecule has 2 aromatic carbocycles. The molecule has 0 bridgehead atoms. The van der Waals surface area contributed by atoms with Crippen molar-refractivity contribution in [1.29, 1.82) is 0 Å². The fourth-order valence-corrected chi connectivity index (χ4v) is 3.55. The Morgan fingerprint density at radius 2 is 1.94 bits per heavy atom. The summed E-state index contributed by atoms with van der Waals surface area (Å²) < 4.78 is 39.0. The molecule has 32 heavy (non-hydrogen) atoms. The van der Waals surface area contributed by atoms with Crippen molar-refractivity contribution in [3.05, 3.63) is 58.9 Å². The molecule has 11 heteroatoms. The van der Waals surface area contributed by atoms with Crippen LogP contribution in [-0.4, -0.2) is 51.5 Å². The molecule has 2 heterocycles. The van der Waals surface area contributed by atoms with Gasteiger partial charge in [0.1, 0.15) is 0 Å². The first-order valence-electron chi connectivity index (χ1n) is 9.90.